The molecular formula is C23H24N10O2. The van der Waals surface area contributed by atoms with Crippen LogP contribution in [-0.4, -0.2) is 65.9 Å². The van der Waals surface area contributed by atoms with Crippen LogP contribution in [0.1, 0.15) is 5.82 Å². The Hall–Kier alpha value is -4.79. The predicted octanol–water partition coefficient (Wildman–Crippen LogP) is 2.40. The molecule has 0 spiro atoms. The summed E-state index contributed by atoms with van der Waals surface area (Å²) in [7, 11) is 3.89. The highest BCUT2D eigenvalue weighted by Crippen LogP contribution is 2.23. The first kappa shape index (κ1) is 23.4. The largest absolute Gasteiger partial charge is 0.378 e. The Kier molecular flexibility index (Phi) is 6.68. The molecule has 0 atom stereocenters. The lowest BCUT2D eigenvalue weighted by Gasteiger charge is -2.36. The van der Waals surface area contributed by atoms with Crippen LogP contribution in [0.2, 0.25) is 0 Å². The van der Waals surface area contributed by atoms with Crippen LogP contribution in [-0.2, 0) is 0 Å². The van der Waals surface area contributed by atoms with Gasteiger partial charge in [-0.25, -0.2) is 4.99 Å². The minimum absolute atomic E-state index is 0.00806. The van der Waals surface area contributed by atoms with Gasteiger partial charge in [-0.3, -0.25) is 10.1 Å². The Balaban J connectivity index is 1.50. The SMILES string of the molecule is CN(C)c1ccc(N=C(C#N)c2nc(N)nc(N3CCN(c4ccc([N+](=O)[O-])cc4)CC3)n2)cc1. The molecule has 1 aliphatic heterocycles. The molecule has 3 aromatic rings. The van der Waals surface area contributed by atoms with Gasteiger partial charge in [0.2, 0.25) is 11.9 Å². The van der Waals surface area contributed by atoms with Crippen LogP contribution in [0.25, 0.3) is 0 Å². The predicted molar refractivity (Wildman–Crippen MR) is 134 cm³/mol. The third-order valence-electron chi connectivity index (χ3n) is 5.55. The zero-order valence-corrected chi connectivity index (χ0v) is 19.4. The number of nitrogen functional groups attached to an aromatic ring is 1. The Bertz CT molecular complexity index is 1280. The number of hydrogen-bond acceptors (Lipinski definition) is 11. The van der Waals surface area contributed by atoms with E-state index in [1.54, 1.807) is 12.1 Å². The second-order valence-electron chi connectivity index (χ2n) is 8.05. The summed E-state index contributed by atoms with van der Waals surface area (Å²) in [6.45, 7) is 2.53. The second kappa shape index (κ2) is 10.0. The topological polar surface area (TPSA) is 154 Å². The van der Waals surface area contributed by atoms with Crippen molar-refractivity contribution in [1.29, 1.82) is 5.26 Å². The molecule has 0 amide bonds. The monoisotopic (exact) mass is 472 g/mol. The van der Waals surface area contributed by atoms with Gasteiger partial charge in [0.15, 0.2) is 11.5 Å². The number of nitrogens with two attached hydrogens (primary N) is 1. The summed E-state index contributed by atoms with van der Waals surface area (Å²) in [5, 5.41) is 20.6. The maximum atomic E-state index is 10.9. The zero-order chi connectivity index (χ0) is 24.9. The zero-order valence-electron chi connectivity index (χ0n) is 19.4. The van der Waals surface area contributed by atoms with Gasteiger partial charge in [0.25, 0.3) is 5.69 Å². The minimum atomic E-state index is -0.415. The van der Waals surface area contributed by atoms with Crippen LogP contribution in [0.3, 0.4) is 0 Å². The maximum absolute atomic E-state index is 10.9. The maximum Gasteiger partial charge on any atom is 0.269 e. The highest BCUT2D eigenvalue weighted by Gasteiger charge is 2.22. The lowest BCUT2D eigenvalue weighted by molar-refractivity contribution is -0.384. The fourth-order valence-corrected chi connectivity index (χ4v) is 3.66. The molecule has 4 rings (SSSR count). The Labute approximate surface area is 202 Å². The first-order valence-corrected chi connectivity index (χ1v) is 10.9. The van der Waals surface area contributed by atoms with Gasteiger partial charge in [0.1, 0.15) is 6.07 Å². The number of nitro benzene ring substituents is 1. The summed E-state index contributed by atoms with van der Waals surface area (Å²) in [6, 6.07) is 16.0. The molecule has 2 N–H and O–H groups in total. The minimum Gasteiger partial charge on any atom is -0.378 e. The number of anilines is 4. The molecule has 2 heterocycles. The summed E-state index contributed by atoms with van der Waals surface area (Å²) in [4.78, 5) is 33.8. The van der Waals surface area contributed by atoms with Gasteiger partial charge in [-0.15, -0.1) is 0 Å². The highest BCUT2D eigenvalue weighted by molar-refractivity contribution is 6.10. The van der Waals surface area contributed by atoms with E-state index in [2.05, 4.69) is 30.9 Å². The van der Waals surface area contributed by atoms with Crippen molar-refractivity contribution in [3.63, 3.8) is 0 Å². The first-order chi connectivity index (χ1) is 16.8. The van der Waals surface area contributed by atoms with Crippen molar-refractivity contribution in [3.05, 3.63) is 64.5 Å². The fourth-order valence-electron chi connectivity index (χ4n) is 3.66. The highest BCUT2D eigenvalue weighted by atomic mass is 16.6. The summed E-state index contributed by atoms with van der Waals surface area (Å²) in [5.74, 6) is 0.500. The molecule has 0 saturated carbocycles. The van der Waals surface area contributed by atoms with Gasteiger partial charge in [0.05, 0.1) is 10.6 Å². The summed E-state index contributed by atoms with van der Waals surface area (Å²) in [5.41, 5.74) is 8.57. The normalized spacial score (nSPS) is 13.9. The first-order valence-electron chi connectivity index (χ1n) is 10.9. The summed E-state index contributed by atoms with van der Waals surface area (Å²) in [6.07, 6.45) is 0. The van der Waals surface area contributed by atoms with E-state index >= 15 is 0 Å². The Morgan fingerprint density at radius 1 is 1.03 bits per heavy atom. The van der Waals surface area contributed by atoms with Crippen LogP contribution >= 0.6 is 0 Å². The number of rotatable bonds is 6. The lowest BCUT2D eigenvalue weighted by atomic mass is 10.2. The van der Waals surface area contributed by atoms with E-state index in [0.29, 0.717) is 37.8 Å². The van der Waals surface area contributed by atoms with Crippen LogP contribution < -0.4 is 20.4 Å². The van der Waals surface area contributed by atoms with Gasteiger partial charge < -0.3 is 20.4 Å². The Morgan fingerprint density at radius 2 is 1.66 bits per heavy atom. The van der Waals surface area contributed by atoms with Gasteiger partial charge >= 0.3 is 0 Å². The van der Waals surface area contributed by atoms with Crippen molar-refractivity contribution in [3.8, 4) is 6.07 Å². The molecule has 0 aliphatic carbocycles. The quantitative estimate of drug-likeness (QED) is 0.321. The lowest BCUT2D eigenvalue weighted by Crippen LogP contribution is -2.47. The van der Waals surface area contributed by atoms with E-state index in [4.69, 9.17) is 5.73 Å². The number of piperazine rings is 1. The van der Waals surface area contributed by atoms with Crippen LogP contribution in [0.4, 0.5) is 34.6 Å². The van der Waals surface area contributed by atoms with E-state index in [9.17, 15) is 15.4 Å². The number of nitriles is 1. The van der Waals surface area contributed by atoms with Crippen molar-refractivity contribution < 1.29 is 4.92 Å². The molecule has 1 aliphatic rings. The van der Waals surface area contributed by atoms with Crippen molar-refractivity contribution in [2.75, 3.05) is 60.7 Å². The van der Waals surface area contributed by atoms with E-state index in [1.165, 1.54) is 12.1 Å². The van der Waals surface area contributed by atoms with Crippen molar-refractivity contribution in [2.24, 2.45) is 4.99 Å². The molecule has 0 unspecified atom stereocenters. The number of aliphatic imine (C=N–C) groups is 1. The number of nitrogens with zero attached hydrogens (tertiary/aromatic N) is 9. The van der Waals surface area contributed by atoms with Crippen LogP contribution in [0, 0.1) is 21.4 Å². The molecule has 0 bridgehead atoms. The van der Waals surface area contributed by atoms with Gasteiger partial charge in [0, 0.05) is 63.8 Å². The molecule has 178 valence electrons. The van der Waals surface area contributed by atoms with E-state index in [1.807, 2.05) is 48.2 Å². The number of hydrogen-bond donors (Lipinski definition) is 1. The number of benzene rings is 2. The van der Waals surface area contributed by atoms with E-state index in [-0.39, 0.29) is 23.2 Å². The van der Waals surface area contributed by atoms with E-state index in [0.717, 1.165) is 11.4 Å². The van der Waals surface area contributed by atoms with Crippen LogP contribution in [0.5, 0.6) is 0 Å². The van der Waals surface area contributed by atoms with Crippen LogP contribution in [0.15, 0.2) is 53.5 Å². The van der Waals surface area contributed by atoms with Crippen molar-refractivity contribution in [1.82, 2.24) is 15.0 Å². The number of non-ortho nitro benzene ring substituents is 1. The van der Waals surface area contributed by atoms with E-state index < -0.39 is 4.92 Å². The third-order valence-corrected chi connectivity index (χ3v) is 5.55. The number of nitro groups is 1. The smallest absolute Gasteiger partial charge is 0.269 e. The molecule has 2 aromatic carbocycles. The molecule has 1 saturated heterocycles. The molecule has 35 heavy (non-hydrogen) atoms. The molecule has 12 nitrogen and oxygen atoms in total. The number of aromatic nitrogens is 3. The van der Waals surface area contributed by atoms with Gasteiger partial charge in [-0.1, -0.05) is 0 Å². The molecule has 0 radical (unpaired) electrons. The van der Waals surface area contributed by atoms with Gasteiger partial charge in [-0.2, -0.15) is 20.2 Å². The molecule has 1 aromatic heterocycles. The average Bonchev–Trinajstić information content (AvgIpc) is 2.87. The summed E-state index contributed by atoms with van der Waals surface area (Å²) >= 11 is 0. The second-order valence-corrected chi connectivity index (χ2v) is 8.05. The van der Waals surface area contributed by atoms with Gasteiger partial charge in [-0.05, 0) is 36.4 Å². The summed E-state index contributed by atoms with van der Waals surface area (Å²) < 4.78 is 0. The van der Waals surface area contributed by atoms with Crippen molar-refractivity contribution in [2.45, 2.75) is 0 Å². The molecule has 1 fully saturated rings. The Morgan fingerprint density at radius 3 is 2.23 bits per heavy atom. The molecule has 12 heteroatoms. The van der Waals surface area contributed by atoms with Crippen molar-refractivity contribution >= 4 is 40.4 Å². The third kappa shape index (κ3) is 5.41. The average molecular weight is 473 g/mol. The standard InChI is InChI=1S/C23H24N10O2/c1-30(2)17-5-3-16(4-6-17)26-20(15-24)21-27-22(25)29-23(28-21)32-13-11-31(12-14-32)18-7-9-19(10-8-18)33(34)35/h3-10H,11-14H2,1-2H3,(H2,25,27,28,29). The molecular weight excluding hydrogens is 448 g/mol. The fraction of sp³-hybridized carbons (Fsp3) is 0.261.